The number of aryl methyl sites for hydroxylation is 1. The Labute approximate surface area is 129 Å². The Kier molecular flexibility index (Phi) is 6.28. The molecule has 1 unspecified atom stereocenters. The van der Waals surface area contributed by atoms with E-state index in [2.05, 4.69) is 31.2 Å². The van der Waals surface area contributed by atoms with Crippen LogP contribution in [0.4, 0.5) is 0 Å². The third kappa shape index (κ3) is 5.03. The van der Waals surface area contributed by atoms with E-state index in [9.17, 15) is 9.59 Å². The molecule has 5 nitrogen and oxygen atoms in total. The maximum atomic E-state index is 10.5. The Morgan fingerprint density at radius 2 is 1.32 bits per heavy atom. The van der Waals surface area contributed by atoms with Crippen molar-refractivity contribution < 1.29 is 19.8 Å². The zero-order valence-electron chi connectivity index (χ0n) is 12.5. The number of hydrogen-bond donors (Lipinski definition) is 3. The fraction of sp³-hybridized carbons (Fsp3) is 0.176. The first-order valence-electron chi connectivity index (χ1n) is 6.70. The first kappa shape index (κ1) is 17.4. The molecule has 2 aromatic carbocycles. The molecule has 22 heavy (non-hydrogen) atoms. The Balaban J connectivity index is 0.000000224. The van der Waals surface area contributed by atoms with Crippen molar-refractivity contribution in [2.24, 2.45) is 5.73 Å². The van der Waals surface area contributed by atoms with Crippen LogP contribution in [0.5, 0.6) is 0 Å². The Morgan fingerprint density at radius 1 is 0.909 bits per heavy atom. The van der Waals surface area contributed by atoms with Gasteiger partial charge in [0, 0.05) is 6.04 Å². The molecule has 0 heterocycles. The number of carboxylic acid groups (broad SMARTS) is 2. The molecule has 4 N–H and O–H groups in total. The highest BCUT2D eigenvalue weighted by molar-refractivity contribution is 6.01. The van der Waals surface area contributed by atoms with Crippen molar-refractivity contribution >= 4 is 11.9 Å². The number of hydrogen-bond acceptors (Lipinski definition) is 3. The molecule has 0 aliphatic heterocycles. The van der Waals surface area contributed by atoms with Gasteiger partial charge in [0.25, 0.3) is 0 Å². The molecule has 0 saturated carbocycles. The minimum Gasteiger partial charge on any atom is -0.478 e. The number of aromatic carboxylic acids is 2. The molecule has 1 atom stereocenters. The van der Waals surface area contributed by atoms with Crippen molar-refractivity contribution in [3.63, 3.8) is 0 Å². The van der Waals surface area contributed by atoms with Gasteiger partial charge in [0.2, 0.25) is 0 Å². The highest BCUT2D eigenvalue weighted by Crippen LogP contribution is 2.09. The summed E-state index contributed by atoms with van der Waals surface area (Å²) in [6.45, 7) is 4.07. The largest absolute Gasteiger partial charge is 0.478 e. The lowest BCUT2D eigenvalue weighted by Crippen LogP contribution is -2.06. The normalized spacial score (nSPS) is 11.0. The summed E-state index contributed by atoms with van der Waals surface area (Å²) in [4.78, 5) is 20.9. The van der Waals surface area contributed by atoms with Crippen molar-refractivity contribution in [1.29, 1.82) is 0 Å². The van der Waals surface area contributed by atoms with Gasteiger partial charge in [0.05, 0.1) is 11.1 Å². The second-order valence-electron chi connectivity index (χ2n) is 4.86. The molecule has 0 amide bonds. The topological polar surface area (TPSA) is 101 Å². The molecule has 0 saturated heterocycles. The van der Waals surface area contributed by atoms with Gasteiger partial charge in [-0.3, -0.25) is 0 Å². The van der Waals surface area contributed by atoms with Crippen molar-refractivity contribution in [2.45, 2.75) is 19.9 Å². The van der Waals surface area contributed by atoms with Crippen LogP contribution in [0.25, 0.3) is 0 Å². The first-order chi connectivity index (χ1) is 10.3. The predicted molar refractivity (Wildman–Crippen MR) is 84.1 cm³/mol. The molecule has 0 aliphatic rings. The third-order valence-corrected chi connectivity index (χ3v) is 2.99. The maximum Gasteiger partial charge on any atom is 0.336 e. The molecule has 2 aromatic rings. The minimum atomic E-state index is -1.23. The Morgan fingerprint density at radius 3 is 1.64 bits per heavy atom. The second kappa shape index (κ2) is 7.95. The highest BCUT2D eigenvalue weighted by atomic mass is 16.4. The van der Waals surface area contributed by atoms with Gasteiger partial charge in [0.1, 0.15) is 0 Å². The van der Waals surface area contributed by atoms with Crippen LogP contribution in [0.3, 0.4) is 0 Å². The van der Waals surface area contributed by atoms with Crippen LogP contribution in [0.2, 0.25) is 0 Å². The monoisotopic (exact) mass is 301 g/mol. The maximum absolute atomic E-state index is 10.5. The summed E-state index contributed by atoms with van der Waals surface area (Å²) in [5.74, 6) is -2.46. The van der Waals surface area contributed by atoms with E-state index in [1.807, 2.05) is 6.92 Å². The summed E-state index contributed by atoms with van der Waals surface area (Å²) in [6, 6.07) is 13.9. The predicted octanol–water partition coefficient (Wildman–Crippen LogP) is 3.10. The van der Waals surface area contributed by atoms with E-state index in [-0.39, 0.29) is 17.2 Å². The molecule has 0 spiro atoms. The van der Waals surface area contributed by atoms with E-state index in [0.29, 0.717) is 0 Å². The standard InChI is InChI=1S/C9H13N.C8H6O4/c1-7-3-5-9(6-4-7)8(2)10;9-7(10)5-3-1-2-4-6(5)8(11)12/h3-6,8H,10H2,1-2H3;1-4H,(H,9,10)(H,11,12). The van der Waals surface area contributed by atoms with Crippen LogP contribution in [-0.2, 0) is 0 Å². The SMILES string of the molecule is Cc1ccc(C(C)N)cc1.O=C(O)c1ccccc1C(=O)O. The molecular weight excluding hydrogens is 282 g/mol. The fourth-order valence-corrected chi connectivity index (χ4v) is 1.73. The number of rotatable bonds is 3. The van der Waals surface area contributed by atoms with Gasteiger partial charge in [-0.2, -0.15) is 0 Å². The van der Waals surface area contributed by atoms with Crippen LogP contribution in [0.1, 0.15) is 44.8 Å². The molecule has 0 fully saturated rings. The van der Waals surface area contributed by atoms with E-state index in [0.717, 1.165) is 0 Å². The van der Waals surface area contributed by atoms with Gasteiger partial charge < -0.3 is 15.9 Å². The molecule has 5 heteroatoms. The summed E-state index contributed by atoms with van der Waals surface area (Å²) in [5, 5.41) is 17.1. The second-order valence-corrected chi connectivity index (χ2v) is 4.86. The van der Waals surface area contributed by atoms with Crippen LogP contribution in [-0.4, -0.2) is 22.2 Å². The average molecular weight is 301 g/mol. The van der Waals surface area contributed by atoms with E-state index in [4.69, 9.17) is 15.9 Å². The van der Waals surface area contributed by atoms with Crippen LogP contribution >= 0.6 is 0 Å². The summed E-state index contributed by atoms with van der Waals surface area (Å²) < 4.78 is 0. The lowest BCUT2D eigenvalue weighted by Gasteiger charge is -2.03. The zero-order chi connectivity index (χ0) is 16.7. The van der Waals surface area contributed by atoms with Crippen molar-refractivity contribution in [3.05, 3.63) is 70.8 Å². The number of nitrogens with two attached hydrogens (primary N) is 1. The van der Waals surface area contributed by atoms with Crippen molar-refractivity contribution in [1.82, 2.24) is 0 Å². The lowest BCUT2D eigenvalue weighted by molar-refractivity contribution is 0.0651. The van der Waals surface area contributed by atoms with Gasteiger partial charge in [-0.25, -0.2) is 9.59 Å². The summed E-state index contributed by atoms with van der Waals surface area (Å²) in [5.41, 5.74) is 7.77. The Bertz CT molecular complexity index is 615. The summed E-state index contributed by atoms with van der Waals surface area (Å²) in [6.07, 6.45) is 0. The Hall–Kier alpha value is -2.66. The van der Waals surface area contributed by atoms with Crippen molar-refractivity contribution in [2.75, 3.05) is 0 Å². The average Bonchev–Trinajstić information content (AvgIpc) is 2.48. The van der Waals surface area contributed by atoms with Gasteiger partial charge in [-0.05, 0) is 31.5 Å². The van der Waals surface area contributed by atoms with Crippen LogP contribution in [0, 0.1) is 6.92 Å². The molecule has 2 rings (SSSR count). The van der Waals surface area contributed by atoms with Crippen LogP contribution in [0.15, 0.2) is 48.5 Å². The van der Waals surface area contributed by atoms with Gasteiger partial charge in [0.15, 0.2) is 0 Å². The zero-order valence-corrected chi connectivity index (χ0v) is 12.5. The van der Waals surface area contributed by atoms with E-state index in [1.54, 1.807) is 0 Å². The smallest absolute Gasteiger partial charge is 0.336 e. The van der Waals surface area contributed by atoms with E-state index >= 15 is 0 Å². The molecule has 0 bridgehead atoms. The number of carbonyl (C=O) groups is 2. The lowest BCUT2D eigenvalue weighted by atomic mass is 10.1. The quantitative estimate of drug-likeness (QED) is 0.808. The summed E-state index contributed by atoms with van der Waals surface area (Å²) in [7, 11) is 0. The minimum absolute atomic E-state index is 0.153. The molecule has 0 radical (unpaired) electrons. The van der Waals surface area contributed by atoms with E-state index in [1.165, 1.54) is 35.4 Å². The summed E-state index contributed by atoms with van der Waals surface area (Å²) >= 11 is 0. The third-order valence-electron chi connectivity index (χ3n) is 2.99. The first-order valence-corrected chi connectivity index (χ1v) is 6.70. The van der Waals surface area contributed by atoms with Crippen molar-refractivity contribution in [3.8, 4) is 0 Å². The van der Waals surface area contributed by atoms with Gasteiger partial charge in [-0.1, -0.05) is 42.0 Å². The highest BCUT2D eigenvalue weighted by Gasteiger charge is 2.13. The van der Waals surface area contributed by atoms with Gasteiger partial charge in [-0.15, -0.1) is 0 Å². The molecule has 0 aromatic heterocycles. The molecular formula is C17H19NO4. The van der Waals surface area contributed by atoms with Gasteiger partial charge >= 0.3 is 11.9 Å². The number of carboxylic acids is 2. The molecule has 0 aliphatic carbocycles. The van der Waals surface area contributed by atoms with E-state index < -0.39 is 11.9 Å². The van der Waals surface area contributed by atoms with Crippen LogP contribution < -0.4 is 5.73 Å². The number of benzene rings is 2. The molecule has 116 valence electrons. The fourth-order valence-electron chi connectivity index (χ4n) is 1.73.